The summed E-state index contributed by atoms with van der Waals surface area (Å²) < 4.78 is 1.34. The van der Waals surface area contributed by atoms with Gasteiger partial charge in [0, 0.05) is 13.2 Å². The highest BCUT2D eigenvalue weighted by atomic mass is 16.3. The Bertz CT molecular complexity index is 500. The van der Waals surface area contributed by atoms with E-state index >= 15 is 0 Å². The van der Waals surface area contributed by atoms with Gasteiger partial charge in [-0.25, -0.2) is 4.79 Å². The van der Waals surface area contributed by atoms with E-state index < -0.39 is 0 Å². The summed E-state index contributed by atoms with van der Waals surface area (Å²) in [6, 6.07) is 1.61. The topological polar surface area (TPSA) is 67.2 Å². The minimum atomic E-state index is -0.383. The minimum Gasteiger partial charge on any atom is -0.506 e. The summed E-state index contributed by atoms with van der Waals surface area (Å²) in [7, 11) is 1.60. The van der Waals surface area contributed by atoms with E-state index in [2.05, 4.69) is 23.5 Å². The molecule has 0 fully saturated rings. The number of aliphatic hydroxyl groups is 1. The van der Waals surface area contributed by atoms with Crippen molar-refractivity contribution in [3.8, 4) is 0 Å². The molecule has 0 aliphatic carbocycles. The van der Waals surface area contributed by atoms with E-state index in [1.807, 2.05) is 0 Å². The molecule has 5 heteroatoms. The number of aromatic nitrogens is 2. The molecule has 84 valence electrons. The zero-order valence-corrected chi connectivity index (χ0v) is 8.97. The van der Waals surface area contributed by atoms with Crippen LogP contribution in [0.25, 0.3) is 0 Å². The van der Waals surface area contributed by atoms with Crippen molar-refractivity contribution in [3.63, 3.8) is 0 Å². The number of hydrogen-bond donors (Lipinski definition) is 2. The zero-order valence-electron chi connectivity index (χ0n) is 8.97. The van der Waals surface area contributed by atoms with Gasteiger partial charge in [0.05, 0.1) is 5.70 Å². The van der Waals surface area contributed by atoms with Gasteiger partial charge in [0.2, 0.25) is 0 Å². The summed E-state index contributed by atoms with van der Waals surface area (Å²) in [6.07, 6.45) is 4.59. The van der Waals surface area contributed by atoms with Gasteiger partial charge in [-0.05, 0) is 12.1 Å². The van der Waals surface area contributed by atoms with Crippen LogP contribution in [0.1, 0.15) is 0 Å². The molecular weight excluding hydrogens is 206 g/mol. The molecule has 0 spiro atoms. The second-order valence-corrected chi connectivity index (χ2v) is 3.09. The maximum Gasteiger partial charge on any atom is 0.349 e. The van der Waals surface area contributed by atoms with Crippen LogP contribution in [0, 0.1) is 0 Å². The molecule has 0 saturated heterocycles. The van der Waals surface area contributed by atoms with Gasteiger partial charge in [-0.3, -0.25) is 0 Å². The number of allylic oxidation sites excluding steroid dienone is 2. The average Bonchev–Trinajstić information content (AvgIpc) is 2.22. The maximum atomic E-state index is 11.2. The molecule has 0 unspecified atom stereocenters. The number of hydrogen-bond acceptors (Lipinski definition) is 4. The molecule has 0 saturated carbocycles. The lowest BCUT2D eigenvalue weighted by atomic mass is 10.3. The van der Waals surface area contributed by atoms with Crippen molar-refractivity contribution in [2.45, 2.75) is 0 Å². The molecule has 1 aromatic heterocycles. The molecule has 1 aromatic rings. The van der Waals surface area contributed by atoms with Gasteiger partial charge < -0.3 is 15.0 Å². The third-order valence-electron chi connectivity index (χ3n) is 1.83. The van der Waals surface area contributed by atoms with Crippen LogP contribution in [0.15, 0.2) is 53.8 Å². The molecule has 0 bridgehead atoms. The van der Waals surface area contributed by atoms with Crippen molar-refractivity contribution in [2.75, 3.05) is 5.32 Å². The fraction of sp³-hybridized carbons (Fsp3) is 0.0909. The fourth-order valence-corrected chi connectivity index (χ4v) is 1.00. The molecule has 0 aliphatic heterocycles. The highest BCUT2D eigenvalue weighted by Crippen LogP contribution is 2.08. The van der Waals surface area contributed by atoms with Gasteiger partial charge >= 0.3 is 5.69 Å². The minimum absolute atomic E-state index is 0.151. The lowest BCUT2D eigenvalue weighted by molar-refractivity contribution is 0.427. The molecular formula is C11H13N3O2. The standard InChI is InChI=1S/C11H13N3O2/c1-4-5-9(8(2)15)12-10-6-7-14(3)11(16)13-10/h4-7,15H,1-2H2,3H3,(H,12,13,16)/b9-5+. The third-order valence-corrected chi connectivity index (χ3v) is 1.83. The van der Waals surface area contributed by atoms with Gasteiger partial charge in [0.1, 0.15) is 11.6 Å². The van der Waals surface area contributed by atoms with Crippen molar-refractivity contribution >= 4 is 5.82 Å². The molecule has 0 amide bonds. The van der Waals surface area contributed by atoms with Crippen molar-refractivity contribution in [2.24, 2.45) is 7.05 Å². The Labute approximate surface area is 93.1 Å². The molecule has 0 atom stereocenters. The monoisotopic (exact) mass is 219 g/mol. The number of aryl methyl sites for hydroxylation is 1. The highest BCUT2D eigenvalue weighted by Gasteiger charge is 2.02. The predicted octanol–water partition coefficient (Wildman–Crippen LogP) is 1.33. The normalized spacial score (nSPS) is 10.9. The summed E-state index contributed by atoms with van der Waals surface area (Å²) in [4.78, 5) is 15.0. The fourth-order valence-electron chi connectivity index (χ4n) is 1.00. The van der Waals surface area contributed by atoms with Crippen LogP contribution in [0.5, 0.6) is 0 Å². The zero-order chi connectivity index (χ0) is 12.1. The van der Waals surface area contributed by atoms with Crippen LogP contribution in [0.2, 0.25) is 0 Å². The number of anilines is 1. The maximum absolute atomic E-state index is 11.2. The Morgan fingerprint density at radius 2 is 2.38 bits per heavy atom. The quantitative estimate of drug-likeness (QED) is 0.592. The summed E-state index contributed by atoms with van der Waals surface area (Å²) in [6.45, 7) is 6.88. The first-order valence-corrected chi connectivity index (χ1v) is 4.56. The molecule has 1 heterocycles. The van der Waals surface area contributed by atoms with E-state index in [0.29, 0.717) is 11.5 Å². The first kappa shape index (κ1) is 11.8. The molecule has 16 heavy (non-hydrogen) atoms. The number of aliphatic hydroxyl groups excluding tert-OH is 1. The van der Waals surface area contributed by atoms with Crippen molar-refractivity contribution in [1.29, 1.82) is 0 Å². The summed E-state index contributed by atoms with van der Waals surface area (Å²) in [5, 5.41) is 12.0. The Balaban J connectivity index is 2.99. The van der Waals surface area contributed by atoms with E-state index in [1.54, 1.807) is 19.3 Å². The highest BCUT2D eigenvalue weighted by molar-refractivity contribution is 5.46. The molecule has 5 nitrogen and oxygen atoms in total. The van der Waals surface area contributed by atoms with E-state index in [4.69, 9.17) is 0 Å². The number of nitrogens with zero attached hydrogens (tertiary/aromatic N) is 2. The Morgan fingerprint density at radius 1 is 1.69 bits per heavy atom. The van der Waals surface area contributed by atoms with Crippen molar-refractivity contribution in [1.82, 2.24) is 9.55 Å². The lowest BCUT2D eigenvalue weighted by Gasteiger charge is -2.08. The van der Waals surface area contributed by atoms with E-state index in [9.17, 15) is 9.90 Å². The second kappa shape index (κ2) is 4.97. The van der Waals surface area contributed by atoms with Crippen LogP contribution in [-0.4, -0.2) is 14.7 Å². The Hall–Kier alpha value is -2.30. The third kappa shape index (κ3) is 2.84. The number of nitrogens with one attached hydrogen (secondary N) is 1. The second-order valence-electron chi connectivity index (χ2n) is 3.09. The van der Waals surface area contributed by atoms with Gasteiger partial charge in [0.15, 0.2) is 0 Å². The van der Waals surface area contributed by atoms with Crippen molar-refractivity contribution < 1.29 is 5.11 Å². The van der Waals surface area contributed by atoms with Gasteiger partial charge in [-0.2, -0.15) is 4.98 Å². The van der Waals surface area contributed by atoms with Crippen LogP contribution in [0.3, 0.4) is 0 Å². The van der Waals surface area contributed by atoms with E-state index in [1.165, 1.54) is 16.7 Å². The Morgan fingerprint density at radius 3 is 2.88 bits per heavy atom. The smallest absolute Gasteiger partial charge is 0.349 e. The van der Waals surface area contributed by atoms with Crippen LogP contribution in [-0.2, 0) is 7.05 Å². The SMILES string of the molecule is C=C/C=C(/Nc1ccn(C)c(=O)n1)C(=C)O. The molecule has 2 N–H and O–H groups in total. The molecule has 0 aromatic carbocycles. The van der Waals surface area contributed by atoms with Crippen LogP contribution in [0.4, 0.5) is 5.82 Å². The largest absolute Gasteiger partial charge is 0.506 e. The Kier molecular flexibility index (Phi) is 3.66. The molecule has 0 radical (unpaired) electrons. The van der Waals surface area contributed by atoms with E-state index in [-0.39, 0.29) is 11.4 Å². The average molecular weight is 219 g/mol. The van der Waals surface area contributed by atoms with Crippen LogP contribution < -0.4 is 11.0 Å². The number of rotatable bonds is 4. The summed E-state index contributed by atoms with van der Waals surface area (Å²) in [5.74, 6) is 0.189. The van der Waals surface area contributed by atoms with Crippen LogP contribution >= 0.6 is 0 Å². The molecule has 0 aliphatic rings. The molecule has 1 rings (SSSR count). The van der Waals surface area contributed by atoms with Gasteiger partial charge in [-0.1, -0.05) is 19.2 Å². The summed E-state index contributed by atoms with van der Waals surface area (Å²) in [5.41, 5.74) is -0.0396. The van der Waals surface area contributed by atoms with Gasteiger partial charge in [-0.15, -0.1) is 0 Å². The van der Waals surface area contributed by atoms with Crippen molar-refractivity contribution in [3.05, 3.63) is 59.5 Å². The van der Waals surface area contributed by atoms with E-state index in [0.717, 1.165) is 0 Å². The first-order valence-electron chi connectivity index (χ1n) is 4.56. The first-order chi connectivity index (χ1) is 7.54. The predicted molar refractivity (Wildman–Crippen MR) is 63.1 cm³/mol. The summed E-state index contributed by atoms with van der Waals surface area (Å²) >= 11 is 0. The van der Waals surface area contributed by atoms with Gasteiger partial charge in [0.25, 0.3) is 0 Å². The lowest BCUT2D eigenvalue weighted by Crippen LogP contribution is -2.20.